The average Bonchev–Trinajstić information content (AvgIpc) is 2.74. The molecule has 3 aromatic carbocycles. The maximum atomic E-state index is 13.1. The molecule has 0 aliphatic heterocycles. The van der Waals surface area contributed by atoms with E-state index in [0.29, 0.717) is 22.6 Å². The number of carbonyl (C=O) groups is 1. The van der Waals surface area contributed by atoms with E-state index in [-0.39, 0.29) is 5.91 Å². The van der Waals surface area contributed by atoms with E-state index in [0.717, 1.165) is 16.5 Å². The van der Waals surface area contributed by atoms with Crippen LogP contribution in [0.15, 0.2) is 88.1 Å². The molecule has 0 bridgehead atoms. The zero-order chi connectivity index (χ0) is 21.1. The first-order valence-electron chi connectivity index (χ1n) is 9.63. The molecule has 0 radical (unpaired) electrons. The zero-order valence-corrected chi connectivity index (χ0v) is 16.7. The largest absolute Gasteiger partial charge is 0.476 e. The molecule has 0 saturated heterocycles. The second-order valence-corrected chi connectivity index (χ2v) is 7.17. The molecule has 0 saturated carbocycles. The molecule has 1 heterocycles. The molecule has 0 aliphatic carbocycles. The van der Waals surface area contributed by atoms with Crippen LogP contribution in [0.5, 0.6) is 5.75 Å². The Morgan fingerprint density at radius 1 is 0.933 bits per heavy atom. The highest BCUT2D eigenvalue weighted by molar-refractivity contribution is 5.95. The minimum atomic E-state index is -0.874. The van der Waals surface area contributed by atoms with Crippen LogP contribution in [0.25, 0.3) is 11.0 Å². The molecule has 1 N–H and O–H groups in total. The first-order chi connectivity index (χ1) is 14.5. The van der Waals surface area contributed by atoms with Gasteiger partial charge in [-0.3, -0.25) is 4.79 Å². The number of anilines is 1. The van der Waals surface area contributed by atoms with Crippen molar-refractivity contribution >= 4 is 22.6 Å². The van der Waals surface area contributed by atoms with Crippen LogP contribution >= 0.6 is 0 Å². The fourth-order valence-corrected chi connectivity index (χ4v) is 3.26. The SMILES string of the molecule is Cc1ccc(NC(=O)C(Oc2ccc3c(C)cc(=O)oc3c2)c2ccccc2)cc1. The minimum Gasteiger partial charge on any atom is -0.476 e. The average molecular weight is 399 g/mol. The highest BCUT2D eigenvalue weighted by Gasteiger charge is 2.23. The Bertz CT molecular complexity index is 1240. The standard InChI is InChI=1S/C25H21NO4/c1-16-8-10-19(11-9-16)26-25(28)24(18-6-4-3-5-7-18)29-20-12-13-21-17(2)14-23(27)30-22(21)15-20/h3-15,24H,1-2H3,(H,26,28). The maximum absolute atomic E-state index is 13.1. The molecule has 1 amide bonds. The van der Waals surface area contributed by atoms with Crippen molar-refractivity contribution in [1.29, 1.82) is 0 Å². The van der Waals surface area contributed by atoms with Gasteiger partial charge in [0.1, 0.15) is 11.3 Å². The first-order valence-corrected chi connectivity index (χ1v) is 9.63. The van der Waals surface area contributed by atoms with E-state index in [1.165, 1.54) is 6.07 Å². The van der Waals surface area contributed by atoms with Gasteiger partial charge in [0, 0.05) is 28.8 Å². The van der Waals surface area contributed by atoms with Crippen molar-refractivity contribution in [1.82, 2.24) is 0 Å². The van der Waals surface area contributed by atoms with Gasteiger partial charge in [-0.25, -0.2) is 4.79 Å². The molecule has 1 unspecified atom stereocenters. The molecular formula is C25H21NO4. The Kier molecular flexibility index (Phi) is 5.35. The van der Waals surface area contributed by atoms with Gasteiger partial charge in [-0.05, 0) is 43.7 Å². The third kappa shape index (κ3) is 4.25. The molecule has 1 atom stereocenters. The van der Waals surface area contributed by atoms with Gasteiger partial charge in [0.25, 0.3) is 5.91 Å². The topological polar surface area (TPSA) is 68.5 Å². The van der Waals surface area contributed by atoms with Gasteiger partial charge < -0.3 is 14.5 Å². The molecule has 4 aromatic rings. The van der Waals surface area contributed by atoms with Gasteiger partial charge in [0.15, 0.2) is 0 Å². The summed E-state index contributed by atoms with van der Waals surface area (Å²) in [5.41, 5.74) is 3.33. The number of carbonyl (C=O) groups excluding carboxylic acids is 1. The van der Waals surface area contributed by atoms with Crippen molar-refractivity contribution in [2.24, 2.45) is 0 Å². The van der Waals surface area contributed by atoms with Crippen molar-refractivity contribution < 1.29 is 13.9 Å². The van der Waals surface area contributed by atoms with Crippen molar-refractivity contribution in [2.45, 2.75) is 20.0 Å². The monoisotopic (exact) mass is 399 g/mol. The fraction of sp³-hybridized carbons (Fsp3) is 0.120. The summed E-state index contributed by atoms with van der Waals surface area (Å²) in [6, 6.07) is 23.5. The predicted octanol–water partition coefficient (Wildman–Crippen LogP) is 5.17. The van der Waals surface area contributed by atoms with E-state index in [2.05, 4.69) is 5.32 Å². The quantitative estimate of drug-likeness (QED) is 0.470. The summed E-state index contributed by atoms with van der Waals surface area (Å²) in [6.07, 6.45) is -0.874. The summed E-state index contributed by atoms with van der Waals surface area (Å²) in [7, 11) is 0. The number of rotatable bonds is 5. The van der Waals surface area contributed by atoms with E-state index in [1.807, 2.05) is 74.5 Å². The predicted molar refractivity (Wildman–Crippen MR) is 117 cm³/mol. The second kappa shape index (κ2) is 8.25. The fourth-order valence-electron chi connectivity index (χ4n) is 3.26. The Morgan fingerprint density at radius 2 is 1.67 bits per heavy atom. The van der Waals surface area contributed by atoms with Gasteiger partial charge in [0.05, 0.1) is 0 Å². The summed E-state index contributed by atoms with van der Waals surface area (Å²) in [6.45, 7) is 3.84. The Morgan fingerprint density at radius 3 is 2.40 bits per heavy atom. The van der Waals surface area contributed by atoms with Crippen LogP contribution in [0.1, 0.15) is 22.8 Å². The number of hydrogen-bond donors (Lipinski definition) is 1. The molecular weight excluding hydrogens is 378 g/mol. The summed E-state index contributed by atoms with van der Waals surface area (Å²) in [5, 5.41) is 3.73. The van der Waals surface area contributed by atoms with E-state index in [4.69, 9.17) is 9.15 Å². The number of benzene rings is 3. The van der Waals surface area contributed by atoms with Gasteiger partial charge in [-0.1, -0.05) is 48.0 Å². The highest BCUT2D eigenvalue weighted by atomic mass is 16.5. The van der Waals surface area contributed by atoms with E-state index in [9.17, 15) is 9.59 Å². The lowest BCUT2D eigenvalue weighted by Gasteiger charge is -2.19. The lowest BCUT2D eigenvalue weighted by Crippen LogP contribution is -2.25. The van der Waals surface area contributed by atoms with Crippen LogP contribution in [0.3, 0.4) is 0 Å². The number of nitrogens with one attached hydrogen (secondary N) is 1. The Labute approximate surface area is 173 Å². The van der Waals surface area contributed by atoms with Crippen LogP contribution in [-0.2, 0) is 4.79 Å². The lowest BCUT2D eigenvalue weighted by atomic mass is 10.1. The molecule has 150 valence electrons. The molecule has 0 aliphatic rings. The van der Waals surface area contributed by atoms with Crippen molar-refractivity contribution in [3.8, 4) is 5.75 Å². The Balaban J connectivity index is 1.66. The van der Waals surface area contributed by atoms with Crippen LogP contribution < -0.4 is 15.7 Å². The zero-order valence-electron chi connectivity index (χ0n) is 16.7. The van der Waals surface area contributed by atoms with Gasteiger partial charge in [-0.15, -0.1) is 0 Å². The van der Waals surface area contributed by atoms with Crippen LogP contribution in [0.4, 0.5) is 5.69 Å². The Hall–Kier alpha value is -3.86. The summed E-state index contributed by atoms with van der Waals surface area (Å²) < 4.78 is 11.4. The molecule has 5 nitrogen and oxygen atoms in total. The maximum Gasteiger partial charge on any atom is 0.336 e. The van der Waals surface area contributed by atoms with Crippen molar-refractivity contribution in [3.05, 3.63) is 106 Å². The van der Waals surface area contributed by atoms with Gasteiger partial charge in [-0.2, -0.15) is 0 Å². The highest BCUT2D eigenvalue weighted by Crippen LogP contribution is 2.27. The number of aryl methyl sites for hydroxylation is 2. The van der Waals surface area contributed by atoms with Crippen LogP contribution in [0, 0.1) is 13.8 Å². The minimum absolute atomic E-state index is 0.296. The number of hydrogen-bond acceptors (Lipinski definition) is 4. The molecule has 1 aromatic heterocycles. The van der Waals surface area contributed by atoms with E-state index >= 15 is 0 Å². The molecule has 5 heteroatoms. The van der Waals surface area contributed by atoms with Crippen molar-refractivity contribution in [2.75, 3.05) is 5.32 Å². The van der Waals surface area contributed by atoms with E-state index < -0.39 is 11.7 Å². The van der Waals surface area contributed by atoms with Crippen LogP contribution in [0.2, 0.25) is 0 Å². The molecule has 0 fully saturated rings. The molecule has 0 spiro atoms. The van der Waals surface area contributed by atoms with Gasteiger partial charge in [0.2, 0.25) is 6.10 Å². The summed E-state index contributed by atoms with van der Waals surface area (Å²) in [4.78, 5) is 24.8. The third-order valence-corrected chi connectivity index (χ3v) is 4.84. The van der Waals surface area contributed by atoms with Gasteiger partial charge >= 0.3 is 5.63 Å². The summed E-state index contributed by atoms with van der Waals surface area (Å²) in [5.74, 6) is 0.139. The summed E-state index contributed by atoms with van der Waals surface area (Å²) >= 11 is 0. The normalized spacial score (nSPS) is 11.8. The van der Waals surface area contributed by atoms with E-state index in [1.54, 1.807) is 12.1 Å². The van der Waals surface area contributed by atoms with Crippen LogP contribution in [-0.4, -0.2) is 5.91 Å². The lowest BCUT2D eigenvalue weighted by molar-refractivity contribution is -0.123. The number of fused-ring (bicyclic) bond motifs is 1. The third-order valence-electron chi connectivity index (χ3n) is 4.84. The molecule has 30 heavy (non-hydrogen) atoms. The number of ether oxygens (including phenoxy) is 1. The molecule has 4 rings (SSSR count). The smallest absolute Gasteiger partial charge is 0.336 e. The number of amides is 1. The van der Waals surface area contributed by atoms with Crippen molar-refractivity contribution in [3.63, 3.8) is 0 Å². The first kappa shape index (κ1) is 19.5. The second-order valence-electron chi connectivity index (χ2n) is 7.17.